The molecule has 2 aromatic rings. The molecule has 2 aromatic carbocycles. The SMILES string of the molecule is CCc1ccc(C=C[C@@]23NC(=O)CCN2c2ccccc2C3(C)C)cc1. The van der Waals surface area contributed by atoms with Crippen molar-refractivity contribution in [1.82, 2.24) is 5.32 Å². The zero-order valence-electron chi connectivity index (χ0n) is 15.8. The summed E-state index contributed by atoms with van der Waals surface area (Å²) in [5.41, 5.74) is 4.25. The molecule has 3 heteroatoms. The van der Waals surface area contributed by atoms with Gasteiger partial charge in [-0.2, -0.15) is 0 Å². The number of rotatable bonds is 3. The van der Waals surface area contributed by atoms with Gasteiger partial charge < -0.3 is 10.2 Å². The second-order valence-electron chi connectivity index (χ2n) is 7.79. The van der Waals surface area contributed by atoms with Crippen LogP contribution in [0.1, 0.15) is 43.9 Å². The van der Waals surface area contributed by atoms with E-state index in [0.29, 0.717) is 6.42 Å². The molecule has 0 spiro atoms. The van der Waals surface area contributed by atoms with Gasteiger partial charge in [0.1, 0.15) is 5.66 Å². The summed E-state index contributed by atoms with van der Waals surface area (Å²) in [6.45, 7) is 7.35. The van der Waals surface area contributed by atoms with Gasteiger partial charge in [-0.1, -0.05) is 69.3 Å². The normalized spacial score (nSPS) is 23.7. The largest absolute Gasteiger partial charge is 0.344 e. The molecule has 1 saturated heterocycles. The molecule has 1 fully saturated rings. The lowest BCUT2D eigenvalue weighted by Crippen LogP contribution is -2.68. The first-order valence-electron chi connectivity index (χ1n) is 9.44. The Kier molecular flexibility index (Phi) is 3.91. The second-order valence-corrected chi connectivity index (χ2v) is 7.79. The minimum atomic E-state index is -0.532. The van der Waals surface area contributed by atoms with Crippen LogP contribution in [0.3, 0.4) is 0 Å². The van der Waals surface area contributed by atoms with E-state index in [0.717, 1.165) is 18.5 Å². The van der Waals surface area contributed by atoms with E-state index in [4.69, 9.17) is 0 Å². The lowest BCUT2D eigenvalue weighted by molar-refractivity contribution is -0.124. The highest BCUT2D eigenvalue weighted by Gasteiger charge is 2.57. The molecule has 1 amide bonds. The molecule has 2 heterocycles. The number of nitrogens with zero attached hydrogens (tertiary/aromatic N) is 1. The maximum atomic E-state index is 12.4. The second kappa shape index (κ2) is 6.01. The summed E-state index contributed by atoms with van der Waals surface area (Å²) in [4.78, 5) is 14.7. The van der Waals surface area contributed by atoms with Gasteiger partial charge in [0.05, 0.1) is 0 Å². The van der Waals surface area contributed by atoms with Gasteiger partial charge >= 0.3 is 0 Å². The number of carbonyl (C=O) groups is 1. The summed E-state index contributed by atoms with van der Waals surface area (Å²) in [5, 5.41) is 3.32. The van der Waals surface area contributed by atoms with E-state index < -0.39 is 5.66 Å². The Morgan fingerprint density at radius 1 is 1.12 bits per heavy atom. The number of nitrogens with one attached hydrogen (secondary N) is 1. The van der Waals surface area contributed by atoms with Gasteiger partial charge in [0.25, 0.3) is 0 Å². The van der Waals surface area contributed by atoms with E-state index in [9.17, 15) is 4.79 Å². The van der Waals surface area contributed by atoms with Crippen molar-refractivity contribution in [2.24, 2.45) is 0 Å². The molecule has 2 aliphatic rings. The number of amides is 1. The van der Waals surface area contributed by atoms with Crippen molar-refractivity contribution >= 4 is 17.7 Å². The molecule has 0 saturated carbocycles. The quantitative estimate of drug-likeness (QED) is 0.900. The highest BCUT2D eigenvalue weighted by atomic mass is 16.2. The van der Waals surface area contributed by atoms with Crippen LogP contribution < -0.4 is 10.2 Å². The van der Waals surface area contributed by atoms with Crippen molar-refractivity contribution in [3.63, 3.8) is 0 Å². The average Bonchev–Trinajstić information content (AvgIpc) is 2.85. The lowest BCUT2D eigenvalue weighted by atomic mass is 9.74. The Balaban J connectivity index is 1.79. The van der Waals surface area contributed by atoms with E-state index in [1.807, 2.05) is 0 Å². The Labute approximate surface area is 155 Å². The van der Waals surface area contributed by atoms with Crippen LogP contribution in [-0.4, -0.2) is 18.1 Å². The van der Waals surface area contributed by atoms with Gasteiger partial charge in [0.15, 0.2) is 0 Å². The van der Waals surface area contributed by atoms with Crippen LogP contribution in [0.5, 0.6) is 0 Å². The van der Waals surface area contributed by atoms with Crippen molar-refractivity contribution in [1.29, 1.82) is 0 Å². The monoisotopic (exact) mass is 346 g/mol. The Hall–Kier alpha value is -2.55. The first-order valence-corrected chi connectivity index (χ1v) is 9.44. The highest BCUT2D eigenvalue weighted by Crippen LogP contribution is 2.52. The molecule has 0 aromatic heterocycles. The topological polar surface area (TPSA) is 32.3 Å². The van der Waals surface area contributed by atoms with Crippen LogP contribution in [0, 0.1) is 0 Å². The van der Waals surface area contributed by atoms with Crippen LogP contribution >= 0.6 is 0 Å². The van der Waals surface area contributed by atoms with E-state index in [-0.39, 0.29) is 11.3 Å². The zero-order valence-corrected chi connectivity index (χ0v) is 15.8. The van der Waals surface area contributed by atoms with Crippen LogP contribution in [0.25, 0.3) is 6.08 Å². The van der Waals surface area contributed by atoms with Crippen molar-refractivity contribution in [3.8, 4) is 0 Å². The Bertz CT molecular complexity index is 866. The summed E-state index contributed by atoms with van der Waals surface area (Å²) in [6, 6.07) is 17.2. The van der Waals surface area contributed by atoms with Gasteiger partial charge in [-0.15, -0.1) is 0 Å². The molecule has 4 rings (SSSR count). The maximum absolute atomic E-state index is 12.4. The summed E-state index contributed by atoms with van der Waals surface area (Å²) >= 11 is 0. The standard InChI is InChI=1S/C23H26N2O/c1-4-17-9-11-18(12-10-17)13-15-23-22(2,3)19-7-5-6-8-20(19)25(23)16-14-21(26)24-23/h5-13,15H,4,14,16H2,1-3H3,(H,24,26)/t23-/m1/s1. The molecule has 134 valence electrons. The van der Waals surface area contributed by atoms with Gasteiger partial charge in [0.2, 0.25) is 5.91 Å². The number of hydrogen-bond donors (Lipinski definition) is 1. The highest BCUT2D eigenvalue weighted by molar-refractivity contribution is 5.84. The smallest absolute Gasteiger partial charge is 0.223 e. The van der Waals surface area contributed by atoms with E-state index in [1.54, 1.807) is 0 Å². The number of para-hydroxylation sites is 1. The number of benzene rings is 2. The van der Waals surface area contributed by atoms with Crippen LogP contribution in [0.2, 0.25) is 0 Å². The summed E-state index contributed by atoms with van der Waals surface area (Å²) in [7, 11) is 0. The van der Waals surface area contributed by atoms with E-state index >= 15 is 0 Å². The number of fused-ring (bicyclic) bond motifs is 3. The molecule has 2 aliphatic heterocycles. The molecule has 1 atom stereocenters. The number of aryl methyl sites for hydroxylation is 1. The van der Waals surface area contributed by atoms with Crippen LogP contribution in [0.4, 0.5) is 5.69 Å². The zero-order chi connectivity index (χ0) is 18.4. The van der Waals surface area contributed by atoms with Gasteiger partial charge in [-0.05, 0) is 35.3 Å². The Morgan fingerprint density at radius 3 is 2.58 bits per heavy atom. The molecular formula is C23H26N2O. The van der Waals surface area contributed by atoms with Gasteiger partial charge in [0, 0.05) is 24.1 Å². The third kappa shape index (κ3) is 2.38. The average molecular weight is 346 g/mol. The molecule has 3 nitrogen and oxygen atoms in total. The minimum Gasteiger partial charge on any atom is -0.344 e. The Morgan fingerprint density at radius 2 is 1.85 bits per heavy atom. The predicted molar refractivity (Wildman–Crippen MR) is 107 cm³/mol. The van der Waals surface area contributed by atoms with Gasteiger partial charge in [-0.25, -0.2) is 0 Å². The number of anilines is 1. The number of carbonyl (C=O) groups excluding carboxylic acids is 1. The molecule has 0 aliphatic carbocycles. The lowest BCUT2D eigenvalue weighted by Gasteiger charge is -2.49. The van der Waals surface area contributed by atoms with Crippen molar-refractivity contribution < 1.29 is 4.79 Å². The predicted octanol–water partition coefficient (Wildman–Crippen LogP) is 4.28. The third-order valence-corrected chi connectivity index (χ3v) is 6.04. The summed E-state index contributed by atoms with van der Waals surface area (Å²) in [6.07, 6.45) is 5.90. The molecule has 0 unspecified atom stereocenters. The maximum Gasteiger partial charge on any atom is 0.223 e. The first kappa shape index (κ1) is 16.9. The van der Waals surface area contributed by atoms with E-state index in [1.165, 1.54) is 16.8 Å². The van der Waals surface area contributed by atoms with Gasteiger partial charge in [-0.3, -0.25) is 4.79 Å². The molecule has 0 radical (unpaired) electrons. The van der Waals surface area contributed by atoms with E-state index in [2.05, 4.69) is 91.7 Å². The van der Waals surface area contributed by atoms with Crippen LogP contribution in [0.15, 0.2) is 54.6 Å². The fourth-order valence-corrected chi connectivity index (χ4v) is 4.40. The van der Waals surface area contributed by atoms with Crippen molar-refractivity contribution in [2.75, 3.05) is 11.4 Å². The van der Waals surface area contributed by atoms with Crippen LogP contribution in [-0.2, 0) is 16.6 Å². The fraction of sp³-hybridized carbons (Fsp3) is 0.348. The van der Waals surface area contributed by atoms with Crippen molar-refractivity contribution in [2.45, 2.75) is 44.7 Å². The summed E-state index contributed by atoms with van der Waals surface area (Å²) in [5.74, 6) is 0.119. The first-order chi connectivity index (χ1) is 12.5. The molecule has 1 N–H and O–H groups in total. The number of hydrogen-bond acceptors (Lipinski definition) is 2. The third-order valence-electron chi connectivity index (χ3n) is 6.04. The molecular weight excluding hydrogens is 320 g/mol. The molecule has 26 heavy (non-hydrogen) atoms. The fourth-order valence-electron chi connectivity index (χ4n) is 4.40. The minimum absolute atomic E-state index is 0.119. The summed E-state index contributed by atoms with van der Waals surface area (Å²) < 4.78 is 0. The molecule has 0 bridgehead atoms. The van der Waals surface area contributed by atoms with Crippen molar-refractivity contribution in [3.05, 3.63) is 71.3 Å².